The van der Waals surface area contributed by atoms with E-state index in [1.807, 2.05) is 36.4 Å². The molecule has 1 aliphatic carbocycles. The SMILES string of the molecule is COc1ccc(C2=N[C@@H](C(Cc3ccccc3)(Cc3ccccc3)O[PH+]3Oc4ccc5ccccc5c4-c4c(ccc5ccccc45)O3)CO2)cc1.[C-]1=CCC[C-]=CCC1.[Ir+3]. The minimum atomic E-state index is -2.51. The van der Waals surface area contributed by atoms with E-state index in [9.17, 15) is 0 Å². The van der Waals surface area contributed by atoms with Gasteiger partial charge in [0.25, 0.3) is 0 Å². The Bertz CT molecular complexity index is 2490. The van der Waals surface area contributed by atoms with Crippen molar-refractivity contribution in [3.63, 3.8) is 0 Å². The van der Waals surface area contributed by atoms with Gasteiger partial charge in [0, 0.05) is 29.5 Å². The second kappa shape index (κ2) is 19.9. The average Bonchev–Trinajstić information content (AvgIpc) is 3.73. The second-order valence-corrected chi connectivity index (χ2v) is 16.3. The van der Waals surface area contributed by atoms with E-state index in [-0.39, 0.29) is 26.1 Å². The van der Waals surface area contributed by atoms with Gasteiger partial charge in [-0.05, 0) is 69.1 Å². The number of allylic oxidation sites excluding steroid dienone is 4. The Hall–Kier alpha value is -5.55. The summed E-state index contributed by atoms with van der Waals surface area (Å²) in [5.74, 6) is 2.83. The molecule has 0 unspecified atom stereocenters. The topological polar surface area (TPSA) is 58.5 Å². The van der Waals surface area contributed by atoms with Crippen LogP contribution in [0.1, 0.15) is 42.4 Å². The molecule has 61 heavy (non-hydrogen) atoms. The first kappa shape index (κ1) is 42.2. The molecule has 2 heterocycles. The van der Waals surface area contributed by atoms with E-state index in [1.165, 1.54) is 0 Å². The predicted octanol–water partition coefficient (Wildman–Crippen LogP) is 12.8. The Kier molecular flexibility index (Phi) is 13.7. The fraction of sp³-hybridized carbons (Fsp3) is 0.189. The minimum absolute atomic E-state index is 0. The van der Waals surface area contributed by atoms with Crippen LogP contribution >= 0.6 is 8.60 Å². The summed E-state index contributed by atoms with van der Waals surface area (Å²) in [6.07, 6.45) is 16.1. The molecule has 0 radical (unpaired) electrons. The molecule has 3 aliphatic rings. The summed E-state index contributed by atoms with van der Waals surface area (Å²) >= 11 is 0. The van der Waals surface area contributed by atoms with E-state index in [1.54, 1.807) is 7.11 Å². The number of hydrogen-bond acceptors (Lipinski definition) is 6. The number of nitrogens with zero attached hydrogens (tertiary/aromatic N) is 1. The Morgan fingerprint density at radius 3 is 1.66 bits per heavy atom. The van der Waals surface area contributed by atoms with Gasteiger partial charge in [0.2, 0.25) is 5.90 Å². The molecule has 0 bridgehead atoms. The van der Waals surface area contributed by atoms with Crippen molar-refractivity contribution in [1.82, 2.24) is 0 Å². The summed E-state index contributed by atoms with van der Waals surface area (Å²) in [5.41, 5.74) is 4.25. The first-order valence-electron chi connectivity index (χ1n) is 20.6. The van der Waals surface area contributed by atoms with Crippen molar-refractivity contribution >= 4 is 36.0 Å². The van der Waals surface area contributed by atoms with Gasteiger partial charge in [0.05, 0.1) is 7.11 Å². The summed E-state index contributed by atoms with van der Waals surface area (Å²) in [5, 5.41) is 4.46. The van der Waals surface area contributed by atoms with Gasteiger partial charge in [0.15, 0.2) is 17.1 Å². The van der Waals surface area contributed by atoms with Gasteiger partial charge >= 0.3 is 28.7 Å². The van der Waals surface area contributed by atoms with E-state index in [0.29, 0.717) is 25.3 Å². The molecule has 8 heteroatoms. The maximum absolute atomic E-state index is 7.46. The van der Waals surface area contributed by atoms with Crippen molar-refractivity contribution in [2.24, 2.45) is 4.99 Å². The molecular formula is C53H47IrNO5P+2. The summed E-state index contributed by atoms with van der Waals surface area (Å²) in [4.78, 5) is 5.27. The van der Waals surface area contributed by atoms with Crippen molar-refractivity contribution in [3.8, 4) is 28.4 Å². The van der Waals surface area contributed by atoms with E-state index >= 15 is 0 Å². The van der Waals surface area contributed by atoms with Gasteiger partial charge in [-0.25, -0.2) is 4.99 Å². The number of methoxy groups -OCH3 is 1. The van der Waals surface area contributed by atoms with Crippen LogP contribution in [-0.2, 0) is 42.2 Å². The fourth-order valence-corrected chi connectivity index (χ4v) is 9.61. The molecule has 0 saturated carbocycles. The number of fused-ring (bicyclic) bond motifs is 7. The summed E-state index contributed by atoms with van der Waals surface area (Å²) in [6, 6.07) is 53.5. The first-order chi connectivity index (χ1) is 29.7. The third kappa shape index (κ3) is 9.67. The second-order valence-electron chi connectivity index (χ2n) is 15.1. The van der Waals surface area contributed by atoms with Crippen LogP contribution in [0, 0.1) is 12.2 Å². The van der Waals surface area contributed by atoms with Crippen molar-refractivity contribution in [2.45, 2.75) is 50.2 Å². The molecule has 1 atom stereocenters. The number of rotatable bonds is 9. The molecule has 7 aromatic carbocycles. The van der Waals surface area contributed by atoms with Crippen LogP contribution < -0.4 is 13.8 Å². The van der Waals surface area contributed by atoms with Gasteiger partial charge in [-0.2, -0.15) is 17.4 Å². The number of ether oxygens (including phenoxy) is 2. The van der Waals surface area contributed by atoms with Gasteiger partial charge in [-0.1, -0.05) is 134 Å². The van der Waals surface area contributed by atoms with Crippen molar-refractivity contribution in [2.75, 3.05) is 13.7 Å². The zero-order valence-corrected chi connectivity index (χ0v) is 37.4. The maximum Gasteiger partial charge on any atom is 3.00 e. The third-order valence-electron chi connectivity index (χ3n) is 11.1. The average molecular weight is 1000 g/mol. The van der Waals surface area contributed by atoms with Gasteiger partial charge in [0.1, 0.15) is 18.4 Å². The molecule has 0 saturated heterocycles. The molecular weight excluding hydrogens is 954 g/mol. The van der Waals surface area contributed by atoms with E-state index in [2.05, 4.69) is 146 Å². The number of aliphatic imine (C=N–C) groups is 1. The Balaban J connectivity index is 0.000000515. The monoisotopic (exact) mass is 1000 g/mol. The van der Waals surface area contributed by atoms with E-state index < -0.39 is 14.2 Å². The Morgan fingerprint density at radius 1 is 0.623 bits per heavy atom. The largest absolute Gasteiger partial charge is 3.00 e. The van der Waals surface area contributed by atoms with Crippen molar-refractivity contribution in [3.05, 3.63) is 199 Å². The predicted molar refractivity (Wildman–Crippen MR) is 244 cm³/mol. The van der Waals surface area contributed by atoms with Crippen LogP contribution in [0.4, 0.5) is 0 Å². The molecule has 0 fully saturated rings. The van der Waals surface area contributed by atoms with Crippen LogP contribution in [0.25, 0.3) is 32.7 Å². The van der Waals surface area contributed by atoms with Crippen molar-refractivity contribution in [1.29, 1.82) is 0 Å². The van der Waals surface area contributed by atoms with Crippen LogP contribution in [-0.4, -0.2) is 31.3 Å². The standard InChI is InChI=1S/C45H37NO5P.C8H10.Ir/c1-47-36-24-20-35(21-25-36)44-46-41(30-48-44)45(28-31-12-4-2-5-13-31,29-32-14-6-3-7-15-32)51-52-49-39-26-22-33-16-8-10-18-37(33)42(39)43-38-19-11-9-17-34(38)23-27-40(43)50-52;1-2-4-6-8-7-5-3-1;/h2-27,41,52H,28-30H2,1H3;1,8H,2,4-5,7H2;/q+1;-2;+3/t41-;;/m1../s1. The van der Waals surface area contributed by atoms with Crippen LogP contribution in [0.5, 0.6) is 17.2 Å². The number of hydrogen-bond donors (Lipinski definition) is 0. The molecule has 0 spiro atoms. The summed E-state index contributed by atoms with van der Waals surface area (Å²) in [7, 11) is -0.843. The van der Waals surface area contributed by atoms with Crippen LogP contribution in [0.3, 0.4) is 0 Å². The van der Waals surface area contributed by atoms with E-state index in [0.717, 1.165) is 92.3 Å². The normalized spacial score (nSPS) is 15.8. The van der Waals surface area contributed by atoms with Gasteiger partial charge in [-0.3, -0.25) is 21.2 Å². The zero-order valence-electron chi connectivity index (χ0n) is 34.0. The summed E-state index contributed by atoms with van der Waals surface area (Å²) < 4.78 is 33.2. The fourth-order valence-electron chi connectivity index (χ4n) is 8.17. The Morgan fingerprint density at radius 2 is 1.13 bits per heavy atom. The van der Waals surface area contributed by atoms with Gasteiger partial charge in [-0.15, -0.1) is 0 Å². The molecule has 6 nitrogen and oxygen atoms in total. The van der Waals surface area contributed by atoms with E-state index in [4.69, 9.17) is 28.0 Å². The third-order valence-corrected chi connectivity index (χ3v) is 12.5. The molecule has 2 aliphatic heterocycles. The zero-order chi connectivity index (χ0) is 40.6. The summed E-state index contributed by atoms with van der Waals surface area (Å²) in [6.45, 7) is 0.346. The van der Waals surface area contributed by atoms with Crippen molar-refractivity contribution < 1.29 is 43.2 Å². The molecule has 7 aromatic rings. The molecule has 10 rings (SSSR count). The molecule has 306 valence electrons. The van der Waals surface area contributed by atoms with Gasteiger partial charge < -0.3 is 21.6 Å². The quantitative estimate of drug-likeness (QED) is 0.107. The van der Waals surface area contributed by atoms with Crippen LogP contribution in [0.15, 0.2) is 175 Å². The minimum Gasteiger partial charge on any atom is -0.500 e. The Labute approximate surface area is 373 Å². The maximum atomic E-state index is 7.46. The first-order valence-corrected chi connectivity index (χ1v) is 21.9. The smallest absolute Gasteiger partial charge is 0.500 e. The number of benzene rings is 7. The molecule has 0 aromatic heterocycles. The van der Waals surface area contributed by atoms with Crippen LogP contribution in [0.2, 0.25) is 0 Å². The molecule has 0 N–H and O–H groups in total. The molecule has 0 amide bonds.